The Kier molecular flexibility index (Phi) is 4.85. The molecule has 1 aliphatic heterocycles. The molecule has 0 aliphatic carbocycles. The predicted octanol–water partition coefficient (Wildman–Crippen LogP) is 1.59. The molecule has 0 saturated carbocycles. The van der Waals surface area contributed by atoms with E-state index in [9.17, 15) is 5.11 Å². The molecule has 0 aromatic rings. The van der Waals surface area contributed by atoms with Crippen LogP contribution in [0.1, 0.15) is 33.6 Å². The van der Waals surface area contributed by atoms with Crippen molar-refractivity contribution in [3.63, 3.8) is 0 Å². The maximum absolute atomic E-state index is 9.89. The number of ether oxygens (including phenoxy) is 2. The molecule has 1 saturated heterocycles. The molecule has 0 aromatic carbocycles. The van der Waals surface area contributed by atoms with Crippen LogP contribution in [-0.2, 0) is 9.47 Å². The summed E-state index contributed by atoms with van der Waals surface area (Å²) < 4.78 is 10.9. The van der Waals surface area contributed by atoms with Crippen LogP contribution in [0.4, 0.5) is 0 Å². The number of hydrogen-bond donors (Lipinski definition) is 1. The van der Waals surface area contributed by atoms with E-state index in [1.807, 2.05) is 13.8 Å². The SMILES string of the molecule is CCC1OCCC1C(O)COC(C)C. The lowest BCUT2D eigenvalue weighted by molar-refractivity contribution is -0.0380. The van der Waals surface area contributed by atoms with Crippen molar-refractivity contribution in [3.05, 3.63) is 0 Å². The highest BCUT2D eigenvalue weighted by Gasteiger charge is 2.32. The van der Waals surface area contributed by atoms with Gasteiger partial charge in [0.15, 0.2) is 0 Å². The maximum Gasteiger partial charge on any atom is 0.0827 e. The number of aliphatic hydroxyl groups is 1. The van der Waals surface area contributed by atoms with E-state index in [2.05, 4.69) is 6.92 Å². The Labute approximate surface area is 86.4 Å². The van der Waals surface area contributed by atoms with Crippen molar-refractivity contribution in [1.82, 2.24) is 0 Å². The summed E-state index contributed by atoms with van der Waals surface area (Å²) in [5, 5.41) is 9.89. The zero-order valence-corrected chi connectivity index (χ0v) is 9.40. The van der Waals surface area contributed by atoms with E-state index in [0.717, 1.165) is 19.4 Å². The van der Waals surface area contributed by atoms with E-state index in [1.54, 1.807) is 0 Å². The maximum atomic E-state index is 9.89. The Morgan fingerprint density at radius 3 is 2.79 bits per heavy atom. The molecule has 1 N–H and O–H groups in total. The quantitative estimate of drug-likeness (QED) is 0.735. The second kappa shape index (κ2) is 5.69. The van der Waals surface area contributed by atoms with Crippen molar-refractivity contribution in [2.45, 2.75) is 51.9 Å². The molecule has 3 atom stereocenters. The minimum atomic E-state index is -0.371. The van der Waals surface area contributed by atoms with Gasteiger partial charge in [-0.1, -0.05) is 6.92 Å². The summed E-state index contributed by atoms with van der Waals surface area (Å²) >= 11 is 0. The molecule has 3 nitrogen and oxygen atoms in total. The van der Waals surface area contributed by atoms with Crippen LogP contribution in [0.25, 0.3) is 0 Å². The monoisotopic (exact) mass is 202 g/mol. The molecule has 0 spiro atoms. The predicted molar refractivity (Wildman–Crippen MR) is 55.2 cm³/mol. The first-order valence-corrected chi connectivity index (χ1v) is 5.56. The summed E-state index contributed by atoms with van der Waals surface area (Å²) in [5.41, 5.74) is 0. The van der Waals surface area contributed by atoms with Gasteiger partial charge in [0, 0.05) is 12.5 Å². The third-order valence-corrected chi connectivity index (χ3v) is 2.76. The van der Waals surface area contributed by atoms with Crippen LogP contribution in [0.3, 0.4) is 0 Å². The second-order valence-electron chi connectivity index (χ2n) is 4.22. The smallest absolute Gasteiger partial charge is 0.0827 e. The van der Waals surface area contributed by atoms with Crippen molar-refractivity contribution < 1.29 is 14.6 Å². The summed E-state index contributed by atoms with van der Waals surface area (Å²) in [5.74, 6) is 0.263. The molecule has 0 radical (unpaired) electrons. The lowest BCUT2D eigenvalue weighted by Gasteiger charge is -2.23. The highest BCUT2D eigenvalue weighted by molar-refractivity contribution is 4.81. The van der Waals surface area contributed by atoms with Crippen molar-refractivity contribution in [2.24, 2.45) is 5.92 Å². The Balaban J connectivity index is 2.31. The molecular weight excluding hydrogens is 180 g/mol. The van der Waals surface area contributed by atoms with Crippen LogP contribution in [0.5, 0.6) is 0 Å². The minimum absolute atomic E-state index is 0.187. The third-order valence-electron chi connectivity index (χ3n) is 2.76. The Hall–Kier alpha value is -0.120. The average Bonchev–Trinajstić information content (AvgIpc) is 2.61. The van der Waals surface area contributed by atoms with Gasteiger partial charge in [0.25, 0.3) is 0 Å². The first kappa shape index (κ1) is 12.0. The fraction of sp³-hybridized carbons (Fsp3) is 1.00. The van der Waals surface area contributed by atoms with Crippen LogP contribution in [0.2, 0.25) is 0 Å². The minimum Gasteiger partial charge on any atom is -0.390 e. The van der Waals surface area contributed by atoms with Crippen molar-refractivity contribution in [1.29, 1.82) is 0 Å². The van der Waals surface area contributed by atoms with E-state index in [4.69, 9.17) is 9.47 Å². The summed E-state index contributed by atoms with van der Waals surface area (Å²) in [6, 6.07) is 0. The zero-order chi connectivity index (χ0) is 10.6. The molecule has 0 amide bonds. The highest BCUT2D eigenvalue weighted by atomic mass is 16.5. The van der Waals surface area contributed by atoms with Crippen LogP contribution >= 0.6 is 0 Å². The Bertz CT molecular complexity index is 159. The van der Waals surface area contributed by atoms with E-state index in [-0.39, 0.29) is 24.2 Å². The normalized spacial score (nSPS) is 29.8. The Morgan fingerprint density at radius 2 is 2.21 bits per heavy atom. The van der Waals surface area contributed by atoms with Crippen LogP contribution in [0.15, 0.2) is 0 Å². The Morgan fingerprint density at radius 1 is 1.50 bits per heavy atom. The van der Waals surface area contributed by atoms with E-state index >= 15 is 0 Å². The van der Waals surface area contributed by atoms with E-state index < -0.39 is 0 Å². The molecule has 1 aliphatic rings. The molecule has 14 heavy (non-hydrogen) atoms. The topological polar surface area (TPSA) is 38.7 Å². The van der Waals surface area contributed by atoms with Gasteiger partial charge in [0.2, 0.25) is 0 Å². The van der Waals surface area contributed by atoms with Crippen molar-refractivity contribution in [2.75, 3.05) is 13.2 Å². The summed E-state index contributed by atoms with van der Waals surface area (Å²) in [4.78, 5) is 0. The largest absolute Gasteiger partial charge is 0.390 e. The number of aliphatic hydroxyl groups excluding tert-OH is 1. The molecule has 3 heteroatoms. The molecule has 1 rings (SSSR count). The number of hydrogen-bond acceptors (Lipinski definition) is 3. The van der Waals surface area contributed by atoms with Crippen LogP contribution in [0, 0.1) is 5.92 Å². The molecule has 3 unspecified atom stereocenters. The van der Waals surface area contributed by atoms with Gasteiger partial charge in [-0.15, -0.1) is 0 Å². The van der Waals surface area contributed by atoms with Gasteiger partial charge in [-0.3, -0.25) is 0 Å². The third kappa shape index (κ3) is 3.23. The molecule has 0 bridgehead atoms. The van der Waals surface area contributed by atoms with Gasteiger partial charge in [-0.2, -0.15) is 0 Å². The number of rotatable bonds is 5. The van der Waals surface area contributed by atoms with Crippen molar-refractivity contribution in [3.8, 4) is 0 Å². The van der Waals surface area contributed by atoms with Gasteiger partial charge in [0.05, 0.1) is 24.9 Å². The first-order valence-electron chi connectivity index (χ1n) is 5.56. The van der Waals surface area contributed by atoms with Gasteiger partial charge in [-0.05, 0) is 26.7 Å². The zero-order valence-electron chi connectivity index (χ0n) is 9.40. The van der Waals surface area contributed by atoms with Gasteiger partial charge >= 0.3 is 0 Å². The molecule has 1 heterocycles. The van der Waals surface area contributed by atoms with E-state index in [0.29, 0.717) is 6.61 Å². The van der Waals surface area contributed by atoms with E-state index in [1.165, 1.54) is 0 Å². The van der Waals surface area contributed by atoms with Gasteiger partial charge in [0.1, 0.15) is 0 Å². The first-order chi connectivity index (χ1) is 6.65. The van der Waals surface area contributed by atoms with Crippen LogP contribution < -0.4 is 0 Å². The lowest BCUT2D eigenvalue weighted by atomic mass is 9.94. The average molecular weight is 202 g/mol. The summed E-state index contributed by atoms with van der Waals surface area (Å²) in [7, 11) is 0. The van der Waals surface area contributed by atoms with Crippen LogP contribution in [-0.4, -0.2) is 36.6 Å². The van der Waals surface area contributed by atoms with Crippen molar-refractivity contribution >= 4 is 0 Å². The van der Waals surface area contributed by atoms with Gasteiger partial charge < -0.3 is 14.6 Å². The lowest BCUT2D eigenvalue weighted by Crippen LogP contribution is -2.32. The summed E-state index contributed by atoms with van der Waals surface area (Å²) in [6.45, 7) is 7.27. The fourth-order valence-electron chi connectivity index (χ4n) is 1.94. The molecule has 0 aromatic heterocycles. The fourth-order valence-corrected chi connectivity index (χ4v) is 1.94. The molecule has 84 valence electrons. The van der Waals surface area contributed by atoms with Gasteiger partial charge in [-0.25, -0.2) is 0 Å². The second-order valence-corrected chi connectivity index (χ2v) is 4.22. The molecular formula is C11H22O3. The molecule has 1 fully saturated rings. The standard InChI is InChI=1S/C11H22O3/c1-4-11-9(5-6-13-11)10(12)7-14-8(2)3/h8-12H,4-7H2,1-3H3. The highest BCUT2D eigenvalue weighted by Crippen LogP contribution is 2.26. The summed E-state index contributed by atoms with van der Waals surface area (Å²) in [6.07, 6.45) is 1.97.